The zero-order valence-corrected chi connectivity index (χ0v) is 14.1. The SMILES string of the molecule is COC(=O)CC(NC(=O)CCOCC(F)(F)F)c1ccc(C(F)(F)F)cc1. The van der Waals surface area contributed by atoms with Crippen LogP contribution in [0.5, 0.6) is 0 Å². The molecule has 1 aromatic carbocycles. The maximum atomic E-state index is 12.6. The second-order valence-electron chi connectivity index (χ2n) is 5.44. The van der Waals surface area contributed by atoms with E-state index >= 15 is 0 Å². The van der Waals surface area contributed by atoms with Crippen molar-refractivity contribution in [2.45, 2.75) is 31.2 Å². The van der Waals surface area contributed by atoms with E-state index in [0.717, 1.165) is 31.4 Å². The van der Waals surface area contributed by atoms with E-state index in [4.69, 9.17) is 0 Å². The highest BCUT2D eigenvalue weighted by Crippen LogP contribution is 2.30. The van der Waals surface area contributed by atoms with Crippen LogP contribution in [0.4, 0.5) is 26.3 Å². The molecule has 0 heterocycles. The van der Waals surface area contributed by atoms with E-state index in [-0.39, 0.29) is 12.0 Å². The minimum absolute atomic E-state index is 0.206. The number of carbonyl (C=O) groups is 2. The lowest BCUT2D eigenvalue weighted by Gasteiger charge is -2.19. The van der Waals surface area contributed by atoms with Gasteiger partial charge in [0.25, 0.3) is 0 Å². The van der Waals surface area contributed by atoms with Crippen LogP contribution in [0.25, 0.3) is 0 Å². The third kappa shape index (κ3) is 8.76. The second-order valence-corrected chi connectivity index (χ2v) is 5.44. The average Bonchev–Trinajstić information content (AvgIpc) is 2.56. The van der Waals surface area contributed by atoms with Gasteiger partial charge in [-0.05, 0) is 17.7 Å². The summed E-state index contributed by atoms with van der Waals surface area (Å²) < 4.78 is 82.5. The largest absolute Gasteiger partial charge is 0.469 e. The van der Waals surface area contributed by atoms with Crippen LogP contribution >= 0.6 is 0 Å². The van der Waals surface area contributed by atoms with Gasteiger partial charge in [0.2, 0.25) is 5.91 Å². The van der Waals surface area contributed by atoms with Crippen molar-refractivity contribution in [3.63, 3.8) is 0 Å². The minimum Gasteiger partial charge on any atom is -0.469 e. The summed E-state index contributed by atoms with van der Waals surface area (Å²) in [6.07, 6.45) is -9.86. The standard InChI is InChI=1S/C16H17F6NO4/c1-26-14(25)8-12(10-2-4-11(5-3-10)16(20,21)22)23-13(24)6-7-27-9-15(17,18)19/h2-5,12H,6-9H2,1H3,(H,23,24). The number of benzene rings is 1. The molecule has 0 bridgehead atoms. The number of rotatable bonds is 8. The van der Waals surface area contributed by atoms with Crippen LogP contribution in [0.3, 0.4) is 0 Å². The van der Waals surface area contributed by atoms with E-state index in [2.05, 4.69) is 14.8 Å². The molecule has 1 amide bonds. The van der Waals surface area contributed by atoms with Crippen LogP contribution in [-0.2, 0) is 25.2 Å². The van der Waals surface area contributed by atoms with Crippen LogP contribution < -0.4 is 5.32 Å². The quantitative estimate of drug-likeness (QED) is 0.412. The average molecular weight is 401 g/mol. The Morgan fingerprint density at radius 2 is 1.67 bits per heavy atom. The summed E-state index contributed by atoms with van der Waals surface area (Å²) in [4.78, 5) is 23.3. The predicted molar refractivity (Wildman–Crippen MR) is 80.5 cm³/mol. The lowest BCUT2D eigenvalue weighted by Crippen LogP contribution is -2.31. The summed E-state index contributed by atoms with van der Waals surface area (Å²) in [6, 6.07) is 2.76. The summed E-state index contributed by atoms with van der Waals surface area (Å²) >= 11 is 0. The molecule has 5 nitrogen and oxygen atoms in total. The second kappa shape index (κ2) is 9.58. The molecule has 1 N–H and O–H groups in total. The van der Waals surface area contributed by atoms with E-state index in [1.807, 2.05) is 0 Å². The van der Waals surface area contributed by atoms with E-state index in [1.165, 1.54) is 0 Å². The van der Waals surface area contributed by atoms with Crippen molar-refractivity contribution < 1.29 is 45.4 Å². The van der Waals surface area contributed by atoms with Gasteiger partial charge < -0.3 is 14.8 Å². The number of alkyl halides is 6. The maximum Gasteiger partial charge on any atom is 0.416 e. The van der Waals surface area contributed by atoms with Crippen molar-refractivity contribution in [1.29, 1.82) is 0 Å². The lowest BCUT2D eigenvalue weighted by molar-refractivity contribution is -0.174. The van der Waals surface area contributed by atoms with E-state index in [0.29, 0.717) is 0 Å². The third-order valence-electron chi connectivity index (χ3n) is 3.31. The van der Waals surface area contributed by atoms with Crippen LogP contribution in [0.15, 0.2) is 24.3 Å². The summed E-state index contributed by atoms with van der Waals surface area (Å²) in [5.41, 5.74) is -0.701. The number of amides is 1. The molecule has 152 valence electrons. The number of methoxy groups -OCH3 is 1. The number of halogens is 6. The van der Waals surface area contributed by atoms with E-state index in [9.17, 15) is 35.9 Å². The monoisotopic (exact) mass is 401 g/mol. The highest BCUT2D eigenvalue weighted by molar-refractivity contribution is 5.78. The van der Waals surface area contributed by atoms with Crippen LogP contribution in [-0.4, -0.2) is 38.4 Å². The van der Waals surface area contributed by atoms with Gasteiger partial charge in [-0.15, -0.1) is 0 Å². The molecular weight excluding hydrogens is 384 g/mol. The van der Waals surface area contributed by atoms with Gasteiger partial charge in [0.05, 0.1) is 31.7 Å². The molecule has 1 unspecified atom stereocenters. The van der Waals surface area contributed by atoms with Gasteiger partial charge in [0.15, 0.2) is 0 Å². The molecule has 27 heavy (non-hydrogen) atoms. The Kier molecular flexibility index (Phi) is 8.07. The summed E-state index contributed by atoms with van der Waals surface area (Å²) in [7, 11) is 1.10. The van der Waals surface area contributed by atoms with Crippen LogP contribution in [0.1, 0.15) is 30.0 Å². The molecular formula is C16H17F6NO4. The first-order valence-electron chi connectivity index (χ1n) is 7.60. The number of carbonyl (C=O) groups excluding carboxylic acids is 2. The first-order chi connectivity index (χ1) is 12.4. The van der Waals surface area contributed by atoms with Crippen molar-refractivity contribution in [2.24, 2.45) is 0 Å². The van der Waals surface area contributed by atoms with Crippen molar-refractivity contribution in [2.75, 3.05) is 20.3 Å². The fourth-order valence-corrected chi connectivity index (χ4v) is 2.03. The van der Waals surface area contributed by atoms with Crippen molar-refractivity contribution in [3.05, 3.63) is 35.4 Å². The van der Waals surface area contributed by atoms with Crippen LogP contribution in [0, 0.1) is 0 Å². The van der Waals surface area contributed by atoms with Gasteiger partial charge in [-0.3, -0.25) is 9.59 Å². The minimum atomic E-state index is -4.55. The highest BCUT2D eigenvalue weighted by Gasteiger charge is 2.31. The Morgan fingerprint density at radius 1 is 1.07 bits per heavy atom. The zero-order chi connectivity index (χ0) is 20.7. The van der Waals surface area contributed by atoms with Crippen molar-refractivity contribution >= 4 is 11.9 Å². The molecule has 0 aliphatic rings. The Labute approximate surface area is 150 Å². The Balaban J connectivity index is 2.74. The molecule has 1 aromatic rings. The third-order valence-corrected chi connectivity index (χ3v) is 3.31. The van der Waals surface area contributed by atoms with Crippen molar-refractivity contribution in [1.82, 2.24) is 5.32 Å². The fraction of sp³-hybridized carbons (Fsp3) is 0.500. The molecule has 1 atom stereocenters. The molecule has 0 aromatic heterocycles. The smallest absolute Gasteiger partial charge is 0.416 e. The topological polar surface area (TPSA) is 64.6 Å². The highest BCUT2D eigenvalue weighted by atomic mass is 19.4. The van der Waals surface area contributed by atoms with Gasteiger partial charge in [0, 0.05) is 6.42 Å². The zero-order valence-electron chi connectivity index (χ0n) is 14.1. The van der Waals surface area contributed by atoms with E-state index in [1.54, 1.807) is 0 Å². The van der Waals surface area contributed by atoms with Crippen molar-refractivity contribution in [3.8, 4) is 0 Å². The summed E-state index contributed by atoms with van der Waals surface area (Å²) in [5.74, 6) is -1.46. The first kappa shape index (κ1) is 22.7. The fourth-order valence-electron chi connectivity index (χ4n) is 2.03. The van der Waals surface area contributed by atoms with E-state index < -0.39 is 55.5 Å². The molecule has 0 aliphatic heterocycles. The number of hydrogen-bond donors (Lipinski definition) is 1. The Bertz CT molecular complexity index is 627. The predicted octanol–water partition coefficient (Wildman–Crippen LogP) is 3.39. The normalized spacial score (nSPS) is 13.1. The number of hydrogen-bond acceptors (Lipinski definition) is 4. The van der Waals surface area contributed by atoms with Gasteiger partial charge >= 0.3 is 18.3 Å². The van der Waals surface area contributed by atoms with Gasteiger partial charge in [-0.25, -0.2) is 0 Å². The Hall–Kier alpha value is -2.30. The number of esters is 1. The van der Waals surface area contributed by atoms with Gasteiger partial charge in [0.1, 0.15) is 6.61 Å². The first-order valence-corrected chi connectivity index (χ1v) is 7.60. The number of ether oxygens (including phenoxy) is 2. The Morgan fingerprint density at radius 3 is 2.15 bits per heavy atom. The summed E-state index contributed by atoms with van der Waals surface area (Å²) in [5, 5.41) is 2.37. The molecule has 0 spiro atoms. The molecule has 0 saturated carbocycles. The summed E-state index contributed by atoms with van der Waals surface area (Å²) in [6.45, 7) is -2.02. The molecule has 0 aliphatic carbocycles. The molecule has 1 rings (SSSR count). The molecule has 0 fully saturated rings. The van der Waals surface area contributed by atoms with Crippen LogP contribution in [0.2, 0.25) is 0 Å². The number of nitrogens with one attached hydrogen (secondary N) is 1. The van der Waals surface area contributed by atoms with Gasteiger partial charge in [-0.1, -0.05) is 12.1 Å². The molecule has 0 saturated heterocycles. The maximum absolute atomic E-state index is 12.6. The van der Waals surface area contributed by atoms with Gasteiger partial charge in [-0.2, -0.15) is 26.3 Å². The molecule has 0 radical (unpaired) electrons. The lowest BCUT2D eigenvalue weighted by atomic mass is 10.0. The molecule has 11 heteroatoms.